The number of benzene rings is 2. The highest BCUT2D eigenvalue weighted by Crippen LogP contribution is 2.15. The number of hydrogen-bond acceptors (Lipinski definition) is 4. The summed E-state index contributed by atoms with van der Waals surface area (Å²) in [6.45, 7) is 0.633. The maximum Gasteiger partial charge on any atom is 0.331 e. The van der Waals surface area contributed by atoms with Gasteiger partial charge in [-0.05, 0) is 29.8 Å². The molecule has 1 amide bonds. The number of halogens is 1. The van der Waals surface area contributed by atoms with Gasteiger partial charge in [0.05, 0.1) is 13.1 Å². The summed E-state index contributed by atoms with van der Waals surface area (Å²) in [5.41, 5.74) is -0.0882. The maximum atomic E-state index is 12.7. The summed E-state index contributed by atoms with van der Waals surface area (Å²) in [4.78, 5) is 38.9. The Hall–Kier alpha value is -3.13. The molecule has 0 aliphatic heterocycles. The minimum atomic E-state index is -0.515. The molecule has 3 rings (SSSR count). The summed E-state index contributed by atoms with van der Waals surface area (Å²) >= 11 is 3.36. The van der Waals surface area contributed by atoms with E-state index in [1.807, 2.05) is 54.6 Å². The molecule has 0 aliphatic carbocycles. The fraction of sp³-hybridized carbons (Fsp3) is 0.227. The fourth-order valence-electron chi connectivity index (χ4n) is 2.81. The van der Waals surface area contributed by atoms with Crippen LogP contribution in [0.1, 0.15) is 5.56 Å². The number of carbonyl (C=O) groups is 1. The van der Waals surface area contributed by atoms with Gasteiger partial charge in [0.25, 0.3) is 5.56 Å². The molecule has 0 aliphatic rings. The number of nitrogens with zero attached hydrogens (tertiary/aromatic N) is 3. The summed E-state index contributed by atoms with van der Waals surface area (Å²) in [7, 11) is 1.61. The van der Waals surface area contributed by atoms with Crippen molar-refractivity contribution in [3.05, 3.63) is 97.7 Å². The van der Waals surface area contributed by atoms with Gasteiger partial charge in [-0.15, -0.1) is 0 Å². The van der Waals surface area contributed by atoms with E-state index in [-0.39, 0.29) is 12.5 Å². The molecular formula is C22H22BrN3O4. The SMILES string of the molecule is CN(CCOc1ccc(Br)cc1)C(=O)Cn1c(=O)ccn(Cc2ccccc2)c1=O. The van der Waals surface area contributed by atoms with Gasteiger partial charge in [0.2, 0.25) is 5.91 Å². The van der Waals surface area contributed by atoms with Crippen molar-refractivity contribution in [2.45, 2.75) is 13.1 Å². The molecule has 156 valence electrons. The highest BCUT2D eigenvalue weighted by Gasteiger charge is 2.14. The standard InChI is InChI=1S/C22H22BrN3O4/c1-24(13-14-30-19-9-7-18(23)8-10-19)21(28)16-26-20(27)11-12-25(22(26)29)15-17-5-3-2-4-6-17/h2-12H,13-16H2,1H3. The quantitative estimate of drug-likeness (QED) is 0.505. The predicted molar refractivity (Wildman–Crippen MR) is 118 cm³/mol. The molecule has 30 heavy (non-hydrogen) atoms. The summed E-state index contributed by atoms with van der Waals surface area (Å²) in [6, 6.07) is 18.1. The monoisotopic (exact) mass is 471 g/mol. The number of carbonyl (C=O) groups excluding carboxylic acids is 1. The summed E-state index contributed by atoms with van der Waals surface area (Å²) in [5.74, 6) is 0.355. The fourth-order valence-corrected chi connectivity index (χ4v) is 3.08. The zero-order valence-corrected chi connectivity index (χ0v) is 18.1. The van der Waals surface area contributed by atoms with Crippen molar-refractivity contribution in [2.75, 3.05) is 20.2 Å². The molecule has 7 nitrogen and oxygen atoms in total. The van der Waals surface area contributed by atoms with Crippen LogP contribution < -0.4 is 16.0 Å². The van der Waals surface area contributed by atoms with Crippen LogP contribution in [0.5, 0.6) is 5.75 Å². The van der Waals surface area contributed by atoms with E-state index in [2.05, 4.69) is 15.9 Å². The topological polar surface area (TPSA) is 73.5 Å². The van der Waals surface area contributed by atoms with Gasteiger partial charge in [-0.2, -0.15) is 0 Å². The van der Waals surface area contributed by atoms with Crippen molar-refractivity contribution in [2.24, 2.45) is 0 Å². The number of amides is 1. The Kier molecular flexibility index (Phi) is 7.24. The molecule has 1 aromatic heterocycles. The van der Waals surface area contributed by atoms with Crippen molar-refractivity contribution in [3.63, 3.8) is 0 Å². The molecule has 0 saturated carbocycles. The third-order valence-electron chi connectivity index (χ3n) is 4.56. The van der Waals surface area contributed by atoms with E-state index in [0.717, 1.165) is 14.6 Å². The summed E-state index contributed by atoms with van der Waals surface area (Å²) < 4.78 is 8.94. The average Bonchev–Trinajstić information content (AvgIpc) is 2.75. The zero-order valence-electron chi connectivity index (χ0n) is 16.5. The minimum Gasteiger partial charge on any atom is -0.492 e. The lowest BCUT2D eigenvalue weighted by molar-refractivity contribution is -0.131. The largest absolute Gasteiger partial charge is 0.492 e. The molecular weight excluding hydrogens is 450 g/mol. The maximum absolute atomic E-state index is 12.7. The third kappa shape index (κ3) is 5.70. The van der Waals surface area contributed by atoms with Crippen LogP contribution in [0.15, 0.2) is 80.9 Å². The molecule has 0 N–H and O–H groups in total. The van der Waals surface area contributed by atoms with Gasteiger partial charge in [0.15, 0.2) is 0 Å². The smallest absolute Gasteiger partial charge is 0.331 e. The van der Waals surface area contributed by atoms with Gasteiger partial charge in [0, 0.05) is 23.8 Å². The number of hydrogen-bond donors (Lipinski definition) is 0. The van der Waals surface area contributed by atoms with Crippen LogP contribution in [-0.4, -0.2) is 40.1 Å². The van der Waals surface area contributed by atoms with Gasteiger partial charge >= 0.3 is 5.69 Å². The van der Waals surface area contributed by atoms with Crippen LogP contribution >= 0.6 is 15.9 Å². The second-order valence-corrected chi connectivity index (χ2v) is 7.67. The Labute approximate surface area is 182 Å². The zero-order chi connectivity index (χ0) is 21.5. The Morgan fingerprint density at radius 2 is 1.73 bits per heavy atom. The number of aromatic nitrogens is 2. The van der Waals surface area contributed by atoms with E-state index in [1.165, 1.54) is 21.7 Å². The summed E-state index contributed by atoms with van der Waals surface area (Å²) in [5, 5.41) is 0. The molecule has 0 spiro atoms. The van der Waals surface area contributed by atoms with Crippen molar-refractivity contribution in [1.82, 2.24) is 14.0 Å². The van der Waals surface area contributed by atoms with E-state index in [0.29, 0.717) is 25.4 Å². The molecule has 0 saturated heterocycles. The second kappa shape index (κ2) is 10.1. The lowest BCUT2D eigenvalue weighted by Crippen LogP contribution is -2.44. The third-order valence-corrected chi connectivity index (χ3v) is 5.09. The first kappa shape index (κ1) is 21.6. The van der Waals surface area contributed by atoms with Crippen molar-refractivity contribution in [1.29, 1.82) is 0 Å². The first-order valence-electron chi connectivity index (χ1n) is 9.40. The highest BCUT2D eigenvalue weighted by atomic mass is 79.9. The van der Waals surface area contributed by atoms with Gasteiger partial charge in [-0.1, -0.05) is 46.3 Å². The van der Waals surface area contributed by atoms with Crippen LogP contribution in [0.25, 0.3) is 0 Å². The molecule has 0 bridgehead atoms. The Morgan fingerprint density at radius 1 is 1.03 bits per heavy atom. The molecule has 0 radical (unpaired) electrons. The Morgan fingerprint density at radius 3 is 2.43 bits per heavy atom. The van der Waals surface area contributed by atoms with Crippen molar-refractivity contribution < 1.29 is 9.53 Å². The van der Waals surface area contributed by atoms with E-state index in [1.54, 1.807) is 7.05 Å². The van der Waals surface area contributed by atoms with Crippen molar-refractivity contribution in [3.8, 4) is 5.75 Å². The molecule has 0 atom stereocenters. The molecule has 2 aromatic carbocycles. The van der Waals surface area contributed by atoms with Crippen LogP contribution in [0.3, 0.4) is 0 Å². The van der Waals surface area contributed by atoms with Crippen LogP contribution in [0, 0.1) is 0 Å². The molecule has 0 fully saturated rings. The van der Waals surface area contributed by atoms with Crippen LogP contribution in [-0.2, 0) is 17.9 Å². The van der Waals surface area contributed by atoms with E-state index >= 15 is 0 Å². The van der Waals surface area contributed by atoms with Crippen LogP contribution in [0.4, 0.5) is 0 Å². The van der Waals surface area contributed by atoms with Gasteiger partial charge in [-0.3, -0.25) is 18.7 Å². The van der Waals surface area contributed by atoms with E-state index in [4.69, 9.17) is 4.74 Å². The van der Waals surface area contributed by atoms with E-state index in [9.17, 15) is 14.4 Å². The minimum absolute atomic E-state index is 0.297. The Balaban J connectivity index is 1.62. The van der Waals surface area contributed by atoms with Gasteiger partial charge in [0.1, 0.15) is 18.9 Å². The average molecular weight is 472 g/mol. The van der Waals surface area contributed by atoms with Crippen molar-refractivity contribution >= 4 is 21.8 Å². The van der Waals surface area contributed by atoms with Gasteiger partial charge < -0.3 is 9.64 Å². The van der Waals surface area contributed by atoms with E-state index < -0.39 is 11.2 Å². The highest BCUT2D eigenvalue weighted by molar-refractivity contribution is 9.10. The second-order valence-electron chi connectivity index (χ2n) is 6.75. The number of rotatable bonds is 8. The normalized spacial score (nSPS) is 10.6. The molecule has 3 aromatic rings. The Bertz CT molecular complexity index is 1110. The summed E-state index contributed by atoms with van der Waals surface area (Å²) in [6.07, 6.45) is 1.45. The van der Waals surface area contributed by atoms with Gasteiger partial charge in [-0.25, -0.2) is 4.79 Å². The predicted octanol–water partition coefficient (Wildman–Crippen LogP) is 2.36. The first-order chi connectivity index (χ1) is 14.4. The lowest BCUT2D eigenvalue weighted by atomic mass is 10.2. The van der Waals surface area contributed by atoms with Crippen LogP contribution in [0.2, 0.25) is 0 Å². The molecule has 0 unspecified atom stereocenters. The number of likely N-dealkylation sites (N-methyl/N-ethyl adjacent to an activating group) is 1. The number of ether oxygens (including phenoxy) is 1. The molecule has 8 heteroatoms. The first-order valence-corrected chi connectivity index (χ1v) is 10.2. The lowest BCUT2D eigenvalue weighted by Gasteiger charge is -2.18. The molecule has 1 heterocycles.